The van der Waals surface area contributed by atoms with Gasteiger partial charge in [-0.15, -0.1) is 0 Å². The van der Waals surface area contributed by atoms with Crippen LogP contribution in [0.3, 0.4) is 0 Å². The zero-order chi connectivity index (χ0) is 16.2. The van der Waals surface area contributed by atoms with Crippen molar-refractivity contribution in [2.24, 2.45) is 5.92 Å². The first-order valence-corrected chi connectivity index (χ1v) is 7.99. The Labute approximate surface area is 135 Å². The van der Waals surface area contributed by atoms with Gasteiger partial charge in [0, 0.05) is 25.4 Å². The molecule has 5 nitrogen and oxygen atoms in total. The summed E-state index contributed by atoms with van der Waals surface area (Å²) in [6.07, 6.45) is 4.56. The van der Waals surface area contributed by atoms with Gasteiger partial charge in [0.1, 0.15) is 11.9 Å². The molecule has 1 amide bonds. The van der Waals surface area contributed by atoms with Crippen molar-refractivity contribution in [3.8, 4) is 0 Å². The number of para-hydroxylation sites is 2. The molecule has 1 aromatic carbocycles. The van der Waals surface area contributed by atoms with Gasteiger partial charge in [-0.2, -0.15) is 0 Å². The number of nitrogens with zero attached hydrogens (tertiary/aromatic N) is 2. The summed E-state index contributed by atoms with van der Waals surface area (Å²) in [7, 11) is 0. The number of imidazole rings is 1. The molecule has 0 saturated carbocycles. The van der Waals surface area contributed by atoms with E-state index >= 15 is 0 Å². The van der Waals surface area contributed by atoms with E-state index in [1.165, 1.54) is 0 Å². The highest BCUT2D eigenvalue weighted by Crippen LogP contribution is 2.18. The summed E-state index contributed by atoms with van der Waals surface area (Å²) in [6, 6.07) is 11.6. The molecule has 1 atom stereocenters. The Morgan fingerprint density at radius 3 is 2.65 bits per heavy atom. The summed E-state index contributed by atoms with van der Waals surface area (Å²) in [5.74, 6) is 1.18. The second-order valence-corrected chi connectivity index (χ2v) is 6.06. The van der Waals surface area contributed by atoms with Gasteiger partial charge in [0.2, 0.25) is 5.91 Å². The topological polar surface area (TPSA) is 62.7 Å². The fraction of sp³-hybridized carbons (Fsp3) is 0.333. The van der Waals surface area contributed by atoms with Crippen LogP contribution in [0.1, 0.15) is 25.7 Å². The monoisotopic (exact) mass is 310 g/mol. The van der Waals surface area contributed by atoms with Crippen molar-refractivity contribution in [1.82, 2.24) is 19.9 Å². The summed E-state index contributed by atoms with van der Waals surface area (Å²) < 4.78 is 1.96. The van der Waals surface area contributed by atoms with Crippen molar-refractivity contribution < 1.29 is 4.79 Å². The molecule has 5 heteroatoms. The summed E-state index contributed by atoms with van der Waals surface area (Å²) in [5.41, 5.74) is 1.99. The second-order valence-electron chi connectivity index (χ2n) is 6.06. The Hall–Kier alpha value is -2.56. The number of fused-ring (bicyclic) bond motifs is 1. The molecule has 3 aromatic rings. The molecule has 0 bridgehead atoms. The predicted molar refractivity (Wildman–Crippen MR) is 91.1 cm³/mol. The lowest BCUT2D eigenvalue weighted by Gasteiger charge is -2.22. The van der Waals surface area contributed by atoms with Crippen LogP contribution < -0.4 is 5.32 Å². The number of carbonyl (C=O) groups is 1. The minimum Gasteiger partial charge on any atom is -0.354 e. The van der Waals surface area contributed by atoms with Gasteiger partial charge in [-0.05, 0) is 30.2 Å². The molecule has 0 radical (unpaired) electrons. The number of aromatic nitrogens is 3. The minimum absolute atomic E-state index is 0.0484. The van der Waals surface area contributed by atoms with E-state index in [2.05, 4.69) is 29.1 Å². The van der Waals surface area contributed by atoms with Crippen LogP contribution in [0.4, 0.5) is 0 Å². The van der Waals surface area contributed by atoms with Gasteiger partial charge in [0.15, 0.2) is 0 Å². The summed E-state index contributed by atoms with van der Waals surface area (Å²) in [4.78, 5) is 20.3. The van der Waals surface area contributed by atoms with Gasteiger partial charge in [-0.3, -0.25) is 4.79 Å². The number of nitrogens with one attached hydrogen (secondary N) is 2. The average molecular weight is 310 g/mol. The maximum Gasteiger partial charge on any atom is 0.243 e. The van der Waals surface area contributed by atoms with Crippen LogP contribution in [0, 0.1) is 5.92 Å². The largest absolute Gasteiger partial charge is 0.354 e. The van der Waals surface area contributed by atoms with E-state index in [9.17, 15) is 4.79 Å². The van der Waals surface area contributed by atoms with Crippen molar-refractivity contribution in [3.63, 3.8) is 0 Å². The van der Waals surface area contributed by atoms with Crippen LogP contribution in [0.2, 0.25) is 0 Å². The van der Waals surface area contributed by atoms with E-state index < -0.39 is 0 Å². The van der Waals surface area contributed by atoms with Crippen LogP contribution in [-0.2, 0) is 11.2 Å². The molecule has 2 heterocycles. The molecule has 2 aromatic heterocycles. The van der Waals surface area contributed by atoms with E-state index in [0.717, 1.165) is 16.9 Å². The molecular formula is C18H22N4O. The molecule has 0 aliphatic heterocycles. The highest BCUT2D eigenvalue weighted by Gasteiger charge is 2.22. The number of aromatic amines is 1. The van der Waals surface area contributed by atoms with E-state index in [4.69, 9.17) is 0 Å². The van der Waals surface area contributed by atoms with Gasteiger partial charge in [0.05, 0.1) is 11.0 Å². The van der Waals surface area contributed by atoms with Crippen molar-refractivity contribution in [2.45, 2.75) is 26.3 Å². The number of amides is 1. The molecule has 0 fully saturated rings. The lowest BCUT2D eigenvalue weighted by Crippen LogP contribution is -2.36. The van der Waals surface area contributed by atoms with E-state index in [1.54, 1.807) is 0 Å². The highest BCUT2D eigenvalue weighted by molar-refractivity contribution is 5.80. The molecule has 0 saturated heterocycles. The van der Waals surface area contributed by atoms with Gasteiger partial charge in [-0.1, -0.05) is 26.0 Å². The fourth-order valence-electron chi connectivity index (χ4n) is 2.85. The smallest absolute Gasteiger partial charge is 0.243 e. The molecule has 3 rings (SSSR count). The lowest BCUT2D eigenvalue weighted by molar-refractivity contribution is -0.125. The molecular weight excluding hydrogens is 288 g/mol. The quantitative estimate of drug-likeness (QED) is 0.735. The number of rotatable bonds is 6. The van der Waals surface area contributed by atoms with Gasteiger partial charge in [0.25, 0.3) is 0 Å². The summed E-state index contributed by atoms with van der Waals surface area (Å²) in [6.45, 7) is 4.69. The van der Waals surface area contributed by atoms with Crippen LogP contribution in [0.15, 0.2) is 48.8 Å². The molecule has 0 unspecified atom stereocenters. The molecule has 120 valence electrons. The fourth-order valence-corrected chi connectivity index (χ4v) is 2.85. The first-order chi connectivity index (χ1) is 11.1. The van der Waals surface area contributed by atoms with E-state index in [-0.39, 0.29) is 17.9 Å². The van der Waals surface area contributed by atoms with Crippen molar-refractivity contribution in [1.29, 1.82) is 0 Å². The lowest BCUT2D eigenvalue weighted by atomic mass is 10.0. The zero-order valence-corrected chi connectivity index (χ0v) is 13.5. The number of carbonyl (C=O) groups excluding carboxylic acids is 1. The predicted octanol–water partition coefficient (Wildman–Crippen LogP) is 2.92. The van der Waals surface area contributed by atoms with E-state index in [1.807, 2.05) is 53.4 Å². The van der Waals surface area contributed by atoms with Crippen LogP contribution in [-0.4, -0.2) is 27.0 Å². The third-order valence-electron chi connectivity index (χ3n) is 3.95. The Balaban J connectivity index is 1.59. The van der Waals surface area contributed by atoms with E-state index in [0.29, 0.717) is 13.0 Å². The SMILES string of the molecule is CC(C)[C@H](C(=O)NCCc1nc2ccccc2[nH]1)n1cccc1. The van der Waals surface area contributed by atoms with Crippen molar-refractivity contribution in [2.75, 3.05) is 6.54 Å². The second kappa shape index (κ2) is 6.69. The first-order valence-electron chi connectivity index (χ1n) is 7.99. The highest BCUT2D eigenvalue weighted by atomic mass is 16.2. The van der Waals surface area contributed by atoms with Crippen molar-refractivity contribution >= 4 is 16.9 Å². The van der Waals surface area contributed by atoms with Gasteiger partial charge < -0.3 is 14.9 Å². The van der Waals surface area contributed by atoms with Gasteiger partial charge in [-0.25, -0.2) is 4.98 Å². The number of benzene rings is 1. The maximum absolute atomic E-state index is 12.5. The Kier molecular flexibility index (Phi) is 4.46. The molecule has 0 aliphatic carbocycles. The average Bonchev–Trinajstić information content (AvgIpc) is 3.15. The van der Waals surface area contributed by atoms with Crippen LogP contribution >= 0.6 is 0 Å². The van der Waals surface area contributed by atoms with Crippen molar-refractivity contribution in [3.05, 3.63) is 54.6 Å². The third-order valence-corrected chi connectivity index (χ3v) is 3.95. The van der Waals surface area contributed by atoms with Crippen LogP contribution in [0.25, 0.3) is 11.0 Å². The summed E-state index contributed by atoms with van der Waals surface area (Å²) in [5, 5.41) is 3.03. The van der Waals surface area contributed by atoms with Gasteiger partial charge >= 0.3 is 0 Å². The molecule has 0 spiro atoms. The molecule has 2 N–H and O–H groups in total. The molecule has 23 heavy (non-hydrogen) atoms. The normalized spacial score (nSPS) is 12.7. The Morgan fingerprint density at radius 1 is 1.22 bits per heavy atom. The molecule has 0 aliphatic rings. The number of hydrogen-bond acceptors (Lipinski definition) is 2. The standard InChI is InChI=1S/C18H22N4O/c1-13(2)17(22-11-5-6-12-22)18(23)19-10-9-16-20-14-7-3-4-8-15(14)21-16/h3-8,11-13,17H,9-10H2,1-2H3,(H,19,23)(H,20,21)/t17-/m1/s1. The Morgan fingerprint density at radius 2 is 1.96 bits per heavy atom. The Bertz CT molecular complexity index is 740. The maximum atomic E-state index is 12.5. The first kappa shape index (κ1) is 15.3. The number of hydrogen-bond donors (Lipinski definition) is 2. The number of H-pyrrole nitrogens is 1. The summed E-state index contributed by atoms with van der Waals surface area (Å²) >= 11 is 0. The third kappa shape index (κ3) is 3.44. The zero-order valence-electron chi connectivity index (χ0n) is 13.5. The minimum atomic E-state index is -0.180. The van der Waals surface area contributed by atoms with Crippen LogP contribution in [0.5, 0.6) is 0 Å².